The van der Waals surface area contributed by atoms with E-state index in [2.05, 4.69) is 20.6 Å². The first-order valence-corrected chi connectivity index (χ1v) is 10.7. The first-order valence-electron chi connectivity index (χ1n) is 10.7. The van der Waals surface area contributed by atoms with Gasteiger partial charge in [-0.3, -0.25) is 14.4 Å². The molecule has 6 N–H and O–H groups in total. The summed E-state index contributed by atoms with van der Waals surface area (Å²) in [6, 6.07) is 8.00. The summed E-state index contributed by atoms with van der Waals surface area (Å²) in [7, 11) is 0. The topological polar surface area (TPSA) is 153 Å². The van der Waals surface area contributed by atoms with Gasteiger partial charge in [0.1, 0.15) is 23.3 Å². The summed E-state index contributed by atoms with van der Waals surface area (Å²) in [6.07, 6.45) is 2.47. The number of carbonyl (C=O) groups is 3. The monoisotopic (exact) mass is 440 g/mol. The number of benzene rings is 1. The zero-order chi connectivity index (χ0) is 23.7. The minimum absolute atomic E-state index is 0.00737. The maximum absolute atomic E-state index is 12.8. The fraction of sp³-hybridized carbons (Fsp3) is 0.435. The number of aryl methyl sites for hydroxylation is 1. The van der Waals surface area contributed by atoms with Crippen LogP contribution in [0.1, 0.15) is 44.5 Å². The first-order chi connectivity index (χ1) is 15.2. The number of nitrogens with one attached hydrogen (secondary N) is 2. The van der Waals surface area contributed by atoms with E-state index in [0.29, 0.717) is 18.7 Å². The van der Waals surface area contributed by atoms with Gasteiger partial charge >= 0.3 is 0 Å². The Morgan fingerprint density at radius 3 is 2.44 bits per heavy atom. The van der Waals surface area contributed by atoms with Gasteiger partial charge in [-0.05, 0) is 24.8 Å². The molecule has 0 saturated heterocycles. The van der Waals surface area contributed by atoms with Crippen molar-refractivity contribution in [2.45, 2.75) is 58.5 Å². The third-order valence-corrected chi connectivity index (χ3v) is 5.32. The number of anilines is 2. The van der Waals surface area contributed by atoms with Crippen LogP contribution in [0.3, 0.4) is 0 Å². The van der Waals surface area contributed by atoms with Crippen molar-refractivity contribution < 1.29 is 14.4 Å². The predicted octanol–water partition coefficient (Wildman–Crippen LogP) is 1.76. The van der Waals surface area contributed by atoms with Gasteiger partial charge in [0.25, 0.3) is 0 Å². The summed E-state index contributed by atoms with van der Waals surface area (Å²) < 4.78 is 0. The highest BCUT2D eigenvalue weighted by Crippen LogP contribution is 2.16. The van der Waals surface area contributed by atoms with Crippen LogP contribution in [-0.2, 0) is 20.8 Å². The third-order valence-electron chi connectivity index (χ3n) is 5.32. The van der Waals surface area contributed by atoms with Crippen LogP contribution in [0.25, 0.3) is 0 Å². The van der Waals surface area contributed by atoms with E-state index in [-0.39, 0.29) is 42.0 Å². The molecule has 2 rings (SSSR count). The SMILES string of the molecule is CCC(C)C(NC(=O)CCC(=O)C(N)Cc1ccccc1)C(=O)Nc1cnc(C)nc1N. The van der Waals surface area contributed by atoms with Gasteiger partial charge in [0.15, 0.2) is 5.82 Å². The fourth-order valence-electron chi connectivity index (χ4n) is 3.15. The number of carbonyl (C=O) groups excluding carboxylic acids is 3. The molecule has 9 heteroatoms. The Morgan fingerprint density at radius 2 is 1.81 bits per heavy atom. The summed E-state index contributed by atoms with van der Waals surface area (Å²) in [5.41, 5.74) is 13.1. The van der Waals surface area contributed by atoms with Crippen LogP contribution in [0.5, 0.6) is 0 Å². The van der Waals surface area contributed by atoms with Crippen LogP contribution < -0.4 is 22.1 Å². The number of Topliss-reactive ketones (excluding diaryl/α,β-unsaturated/α-hetero) is 1. The zero-order valence-electron chi connectivity index (χ0n) is 18.8. The summed E-state index contributed by atoms with van der Waals surface area (Å²) in [4.78, 5) is 45.7. The molecule has 0 aliphatic carbocycles. The maximum Gasteiger partial charge on any atom is 0.247 e. The van der Waals surface area contributed by atoms with Gasteiger partial charge in [-0.15, -0.1) is 0 Å². The molecule has 3 atom stereocenters. The number of hydrogen-bond donors (Lipinski definition) is 4. The lowest BCUT2D eigenvalue weighted by Crippen LogP contribution is -2.48. The second-order valence-corrected chi connectivity index (χ2v) is 7.90. The Morgan fingerprint density at radius 1 is 1.12 bits per heavy atom. The van der Waals surface area contributed by atoms with Crippen molar-refractivity contribution in [3.05, 3.63) is 47.9 Å². The molecule has 0 fully saturated rings. The summed E-state index contributed by atoms with van der Waals surface area (Å²) >= 11 is 0. The fourth-order valence-corrected chi connectivity index (χ4v) is 3.15. The number of amides is 2. The lowest BCUT2D eigenvalue weighted by atomic mass is 9.97. The smallest absolute Gasteiger partial charge is 0.247 e. The Labute approximate surface area is 188 Å². The summed E-state index contributed by atoms with van der Waals surface area (Å²) in [5.74, 6) is -0.501. The van der Waals surface area contributed by atoms with E-state index in [1.165, 1.54) is 6.20 Å². The van der Waals surface area contributed by atoms with Crippen LogP contribution in [0.2, 0.25) is 0 Å². The Balaban J connectivity index is 1.92. The van der Waals surface area contributed by atoms with Crippen molar-refractivity contribution in [3.8, 4) is 0 Å². The minimum Gasteiger partial charge on any atom is -0.382 e. The number of nitrogens with two attached hydrogens (primary N) is 2. The van der Waals surface area contributed by atoms with E-state index in [4.69, 9.17) is 11.5 Å². The molecular weight excluding hydrogens is 408 g/mol. The van der Waals surface area contributed by atoms with Crippen LogP contribution in [0.15, 0.2) is 36.5 Å². The molecule has 32 heavy (non-hydrogen) atoms. The molecule has 172 valence electrons. The maximum atomic E-state index is 12.8. The molecule has 3 unspecified atom stereocenters. The molecule has 1 aromatic carbocycles. The van der Waals surface area contributed by atoms with E-state index in [0.717, 1.165) is 5.56 Å². The standard InChI is InChI=1S/C23H32N6O3/c1-4-14(2)21(23(32)28-18-13-26-15(3)27-22(18)25)29-20(31)11-10-19(30)17(24)12-16-8-6-5-7-9-16/h5-9,13-14,17,21H,4,10-12,24H2,1-3H3,(H,28,32)(H,29,31)(H2,25,26,27). The number of nitrogen functional groups attached to an aromatic ring is 1. The van der Waals surface area contributed by atoms with Crippen LogP contribution in [-0.4, -0.2) is 39.6 Å². The number of rotatable bonds is 11. The molecule has 0 bridgehead atoms. The molecule has 0 aliphatic rings. The van der Waals surface area contributed by atoms with Gasteiger partial charge in [-0.1, -0.05) is 50.6 Å². The average molecular weight is 441 g/mol. The minimum atomic E-state index is -0.790. The second-order valence-electron chi connectivity index (χ2n) is 7.90. The second kappa shape index (κ2) is 11.9. The quantitative estimate of drug-likeness (QED) is 0.415. The van der Waals surface area contributed by atoms with Crippen LogP contribution in [0.4, 0.5) is 11.5 Å². The average Bonchev–Trinajstić information content (AvgIpc) is 2.77. The van der Waals surface area contributed by atoms with Crippen molar-refractivity contribution >= 4 is 29.1 Å². The van der Waals surface area contributed by atoms with E-state index in [9.17, 15) is 14.4 Å². The molecule has 9 nitrogen and oxygen atoms in total. The zero-order valence-corrected chi connectivity index (χ0v) is 18.8. The van der Waals surface area contributed by atoms with E-state index < -0.39 is 18.0 Å². The predicted molar refractivity (Wildman–Crippen MR) is 124 cm³/mol. The number of hydrogen-bond acceptors (Lipinski definition) is 7. The van der Waals surface area contributed by atoms with Crippen molar-refractivity contribution in [2.75, 3.05) is 11.1 Å². The third kappa shape index (κ3) is 7.42. The Kier molecular flexibility index (Phi) is 9.27. The Hall–Kier alpha value is -3.33. The normalized spacial score (nSPS) is 13.6. The highest BCUT2D eigenvalue weighted by atomic mass is 16.2. The van der Waals surface area contributed by atoms with E-state index in [1.807, 2.05) is 44.2 Å². The van der Waals surface area contributed by atoms with Gasteiger partial charge in [0, 0.05) is 12.8 Å². The largest absolute Gasteiger partial charge is 0.382 e. The molecule has 2 amide bonds. The lowest BCUT2D eigenvalue weighted by molar-refractivity contribution is -0.129. The number of ketones is 1. The van der Waals surface area contributed by atoms with E-state index >= 15 is 0 Å². The molecular formula is C23H32N6O3. The van der Waals surface area contributed by atoms with E-state index in [1.54, 1.807) is 6.92 Å². The van der Waals surface area contributed by atoms with Crippen LogP contribution >= 0.6 is 0 Å². The van der Waals surface area contributed by atoms with Gasteiger partial charge in [-0.2, -0.15) is 0 Å². The van der Waals surface area contributed by atoms with Crippen molar-refractivity contribution in [3.63, 3.8) is 0 Å². The highest BCUT2D eigenvalue weighted by Gasteiger charge is 2.27. The molecule has 0 spiro atoms. The van der Waals surface area contributed by atoms with Crippen molar-refractivity contribution in [1.82, 2.24) is 15.3 Å². The van der Waals surface area contributed by atoms with Crippen molar-refractivity contribution in [2.24, 2.45) is 11.7 Å². The highest BCUT2D eigenvalue weighted by molar-refractivity contribution is 5.99. The summed E-state index contributed by atoms with van der Waals surface area (Å²) in [5, 5.41) is 5.41. The first kappa shape index (κ1) is 24.9. The van der Waals surface area contributed by atoms with Gasteiger partial charge in [0.05, 0.1) is 12.2 Å². The van der Waals surface area contributed by atoms with Gasteiger partial charge in [0.2, 0.25) is 11.8 Å². The molecule has 0 radical (unpaired) electrons. The number of nitrogens with zero attached hydrogens (tertiary/aromatic N) is 2. The molecule has 1 heterocycles. The molecule has 0 aliphatic heterocycles. The number of aromatic nitrogens is 2. The summed E-state index contributed by atoms with van der Waals surface area (Å²) in [6.45, 7) is 5.48. The molecule has 0 saturated carbocycles. The lowest BCUT2D eigenvalue weighted by Gasteiger charge is -2.24. The van der Waals surface area contributed by atoms with Gasteiger partial charge < -0.3 is 22.1 Å². The van der Waals surface area contributed by atoms with Crippen LogP contribution in [0, 0.1) is 12.8 Å². The molecule has 2 aromatic rings. The Bertz CT molecular complexity index is 935. The van der Waals surface area contributed by atoms with Gasteiger partial charge in [-0.25, -0.2) is 9.97 Å². The molecule has 1 aromatic heterocycles. The van der Waals surface area contributed by atoms with Crippen molar-refractivity contribution in [1.29, 1.82) is 0 Å².